The molecule has 2 saturated carbocycles. The second-order valence-corrected chi connectivity index (χ2v) is 7.16. The molecule has 0 saturated heterocycles. The molecule has 0 aliphatic heterocycles. The highest BCUT2D eigenvalue weighted by atomic mass is 16.3. The number of hydrogen-bond donors (Lipinski definition) is 1. The smallest absolute Gasteiger partial charge is 0.0436 e. The monoisotopic (exact) mass is 236 g/mol. The lowest BCUT2D eigenvalue weighted by Crippen LogP contribution is -2.49. The summed E-state index contributed by atoms with van der Waals surface area (Å²) < 4.78 is 0. The van der Waals surface area contributed by atoms with Crippen LogP contribution in [0.4, 0.5) is 0 Å². The van der Waals surface area contributed by atoms with Crippen LogP contribution in [0.1, 0.15) is 59.3 Å². The molecule has 0 bridgehead atoms. The molecule has 3 unspecified atom stereocenters. The minimum atomic E-state index is 0.312. The Morgan fingerprint density at radius 2 is 2.00 bits per heavy atom. The zero-order valence-electron chi connectivity index (χ0n) is 11.8. The van der Waals surface area contributed by atoms with Crippen molar-refractivity contribution in [3.8, 4) is 0 Å². The zero-order chi connectivity index (χ0) is 12.7. The Hall–Kier alpha value is -0.300. The summed E-state index contributed by atoms with van der Waals surface area (Å²) in [6.07, 6.45) is 7.44. The first kappa shape index (κ1) is 13.1. The molecule has 17 heavy (non-hydrogen) atoms. The summed E-state index contributed by atoms with van der Waals surface area (Å²) in [5.41, 5.74) is 2.26. The SMILES string of the molecule is C=C1CCC2C(C)(C)CCCC2(C)C1CCO. The summed E-state index contributed by atoms with van der Waals surface area (Å²) in [5.74, 6) is 1.36. The topological polar surface area (TPSA) is 20.2 Å². The quantitative estimate of drug-likeness (QED) is 0.714. The van der Waals surface area contributed by atoms with Gasteiger partial charge in [0.25, 0.3) is 0 Å². The van der Waals surface area contributed by atoms with E-state index < -0.39 is 0 Å². The fourth-order valence-electron chi connectivity index (χ4n) is 4.94. The Kier molecular flexibility index (Phi) is 3.42. The minimum absolute atomic E-state index is 0.312. The van der Waals surface area contributed by atoms with Crippen LogP contribution in [0.15, 0.2) is 12.2 Å². The van der Waals surface area contributed by atoms with Crippen molar-refractivity contribution in [2.75, 3.05) is 6.61 Å². The van der Waals surface area contributed by atoms with Gasteiger partial charge in [0.15, 0.2) is 0 Å². The molecule has 2 aliphatic carbocycles. The number of aliphatic hydroxyl groups is 1. The third-order valence-electron chi connectivity index (χ3n) is 5.74. The van der Waals surface area contributed by atoms with Gasteiger partial charge in [-0.2, -0.15) is 0 Å². The molecule has 0 aromatic heterocycles. The number of aliphatic hydroxyl groups excluding tert-OH is 1. The van der Waals surface area contributed by atoms with Gasteiger partial charge < -0.3 is 5.11 Å². The average molecular weight is 236 g/mol. The van der Waals surface area contributed by atoms with Gasteiger partial charge in [0, 0.05) is 6.61 Å². The maximum atomic E-state index is 9.33. The standard InChI is InChI=1S/C16H28O/c1-12-6-7-14-15(2,3)9-5-10-16(14,4)13(12)8-11-17/h13-14,17H,1,5-11H2,2-4H3. The van der Waals surface area contributed by atoms with E-state index >= 15 is 0 Å². The number of hydrogen-bond acceptors (Lipinski definition) is 1. The maximum absolute atomic E-state index is 9.33. The van der Waals surface area contributed by atoms with Crippen molar-refractivity contribution in [2.24, 2.45) is 22.7 Å². The van der Waals surface area contributed by atoms with Gasteiger partial charge in [-0.05, 0) is 54.8 Å². The van der Waals surface area contributed by atoms with E-state index in [2.05, 4.69) is 27.4 Å². The summed E-state index contributed by atoms with van der Waals surface area (Å²) in [7, 11) is 0. The van der Waals surface area contributed by atoms with Crippen LogP contribution < -0.4 is 0 Å². The lowest BCUT2D eigenvalue weighted by molar-refractivity contribution is -0.0571. The maximum Gasteiger partial charge on any atom is 0.0436 e. The van der Waals surface area contributed by atoms with Crippen molar-refractivity contribution in [2.45, 2.75) is 59.3 Å². The molecule has 0 aromatic carbocycles. The summed E-state index contributed by atoms with van der Waals surface area (Å²) >= 11 is 0. The molecule has 3 atom stereocenters. The van der Waals surface area contributed by atoms with Crippen LogP contribution >= 0.6 is 0 Å². The molecule has 1 heteroatoms. The predicted octanol–water partition coefficient (Wildman–Crippen LogP) is 4.17. The van der Waals surface area contributed by atoms with Crippen LogP contribution in [0.25, 0.3) is 0 Å². The summed E-state index contributed by atoms with van der Waals surface area (Å²) in [6, 6.07) is 0. The van der Waals surface area contributed by atoms with Crippen LogP contribution in [0.3, 0.4) is 0 Å². The Morgan fingerprint density at radius 1 is 1.29 bits per heavy atom. The van der Waals surface area contributed by atoms with Gasteiger partial charge in [-0.25, -0.2) is 0 Å². The molecular formula is C16H28O. The molecule has 1 nitrogen and oxygen atoms in total. The Morgan fingerprint density at radius 3 is 2.65 bits per heavy atom. The molecule has 0 radical (unpaired) electrons. The number of allylic oxidation sites excluding steroid dienone is 1. The number of fused-ring (bicyclic) bond motifs is 1. The van der Waals surface area contributed by atoms with E-state index in [4.69, 9.17) is 0 Å². The second-order valence-electron chi connectivity index (χ2n) is 7.16. The van der Waals surface area contributed by atoms with Gasteiger partial charge in [-0.15, -0.1) is 0 Å². The van der Waals surface area contributed by atoms with Crippen molar-refractivity contribution in [3.63, 3.8) is 0 Å². The first-order valence-corrected chi connectivity index (χ1v) is 7.20. The van der Waals surface area contributed by atoms with Gasteiger partial charge in [-0.1, -0.05) is 39.3 Å². The van der Waals surface area contributed by atoms with Crippen LogP contribution in [0, 0.1) is 22.7 Å². The fourth-order valence-corrected chi connectivity index (χ4v) is 4.94. The van der Waals surface area contributed by atoms with Crippen LogP contribution in [0.5, 0.6) is 0 Å². The Bertz CT molecular complexity index is 305. The van der Waals surface area contributed by atoms with E-state index in [0.29, 0.717) is 23.4 Å². The van der Waals surface area contributed by atoms with Gasteiger partial charge in [0.1, 0.15) is 0 Å². The predicted molar refractivity (Wildman–Crippen MR) is 72.8 cm³/mol. The van der Waals surface area contributed by atoms with Crippen molar-refractivity contribution >= 4 is 0 Å². The lowest BCUT2D eigenvalue weighted by atomic mass is 9.47. The third kappa shape index (κ3) is 2.07. The van der Waals surface area contributed by atoms with E-state index in [0.717, 1.165) is 12.3 Å². The van der Waals surface area contributed by atoms with E-state index in [-0.39, 0.29) is 0 Å². The van der Waals surface area contributed by atoms with Gasteiger partial charge >= 0.3 is 0 Å². The van der Waals surface area contributed by atoms with Gasteiger partial charge in [0.05, 0.1) is 0 Å². The highest BCUT2D eigenvalue weighted by Gasteiger charge is 2.52. The van der Waals surface area contributed by atoms with Crippen LogP contribution in [0.2, 0.25) is 0 Å². The van der Waals surface area contributed by atoms with Crippen molar-refractivity contribution in [1.29, 1.82) is 0 Å². The zero-order valence-corrected chi connectivity index (χ0v) is 11.8. The van der Waals surface area contributed by atoms with E-state index in [1.165, 1.54) is 37.7 Å². The van der Waals surface area contributed by atoms with Crippen molar-refractivity contribution in [1.82, 2.24) is 0 Å². The Balaban J connectivity index is 2.31. The summed E-state index contributed by atoms with van der Waals surface area (Å²) in [5, 5.41) is 9.33. The third-order valence-corrected chi connectivity index (χ3v) is 5.74. The van der Waals surface area contributed by atoms with Crippen LogP contribution in [-0.4, -0.2) is 11.7 Å². The first-order valence-electron chi connectivity index (χ1n) is 7.20. The molecule has 1 N–H and O–H groups in total. The lowest BCUT2D eigenvalue weighted by Gasteiger charge is -2.58. The molecule has 2 rings (SSSR count). The Labute approximate surface area is 106 Å². The highest BCUT2D eigenvalue weighted by molar-refractivity contribution is 5.15. The minimum Gasteiger partial charge on any atom is -0.396 e. The molecule has 98 valence electrons. The van der Waals surface area contributed by atoms with E-state index in [1.807, 2.05) is 0 Å². The van der Waals surface area contributed by atoms with E-state index in [1.54, 1.807) is 0 Å². The molecular weight excluding hydrogens is 208 g/mol. The molecule has 0 heterocycles. The molecule has 0 aromatic rings. The van der Waals surface area contributed by atoms with Crippen molar-refractivity contribution < 1.29 is 5.11 Å². The molecule has 0 amide bonds. The van der Waals surface area contributed by atoms with Gasteiger partial charge in [-0.3, -0.25) is 0 Å². The summed E-state index contributed by atoms with van der Waals surface area (Å²) in [6.45, 7) is 11.9. The summed E-state index contributed by atoms with van der Waals surface area (Å²) in [4.78, 5) is 0. The van der Waals surface area contributed by atoms with Crippen LogP contribution in [-0.2, 0) is 0 Å². The molecule has 2 fully saturated rings. The highest BCUT2D eigenvalue weighted by Crippen LogP contribution is 2.61. The largest absolute Gasteiger partial charge is 0.396 e. The first-order chi connectivity index (χ1) is 7.92. The van der Waals surface area contributed by atoms with Gasteiger partial charge in [0.2, 0.25) is 0 Å². The van der Waals surface area contributed by atoms with Crippen molar-refractivity contribution in [3.05, 3.63) is 12.2 Å². The molecule has 2 aliphatic rings. The number of rotatable bonds is 2. The van der Waals surface area contributed by atoms with E-state index in [9.17, 15) is 5.11 Å². The second kappa shape index (κ2) is 4.42. The normalized spacial score (nSPS) is 41.1. The fraction of sp³-hybridized carbons (Fsp3) is 0.875. The average Bonchev–Trinajstić information content (AvgIpc) is 2.22. The molecule has 0 spiro atoms.